The largest absolute Gasteiger partial charge is 0.311 e. The Morgan fingerprint density at radius 1 is 0.317 bits per heavy atom. The molecule has 0 N–H and O–H groups in total. The van der Waals surface area contributed by atoms with Crippen LogP contribution in [0.15, 0.2) is 231 Å². The third-order valence-electron chi connectivity index (χ3n) is 11.4. The van der Waals surface area contributed by atoms with Gasteiger partial charge in [-0.15, -0.1) is 0 Å². The minimum Gasteiger partial charge on any atom is -0.311 e. The Balaban J connectivity index is 0.985. The molecule has 0 spiro atoms. The maximum Gasteiger partial charge on any atom is 0.160 e. The third-order valence-corrected chi connectivity index (χ3v) is 11.4. The monoisotopic (exact) mass is 766 g/mol. The molecule has 0 bridgehead atoms. The van der Waals surface area contributed by atoms with E-state index >= 15 is 0 Å². The minimum atomic E-state index is 0.702. The molecule has 11 rings (SSSR count). The van der Waals surface area contributed by atoms with Gasteiger partial charge in [0.05, 0.1) is 22.2 Å². The van der Waals surface area contributed by atoms with Crippen LogP contribution in [0.4, 0.5) is 17.1 Å². The third kappa shape index (κ3) is 6.37. The van der Waals surface area contributed by atoms with Gasteiger partial charge in [-0.2, -0.15) is 0 Å². The number of benzene rings is 9. The molecule has 11 aromatic rings. The Morgan fingerprint density at radius 3 is 1.57 bits per heavy atom. The van der Waals surface area contributed by atoms with Crippen LogP contribution in [-0.4, -0.2) is 14.5 Å². The molecule has 0 aliphatic heterocycles. The van der Waals surface area contributed by atoms with Crippen molar-refractivity contribution in [3.8, 4) is 50.6 Å². The molecule has 0 amide bonds. The fraction of sp³-hybridized carbons (Fsp3) is 0. The average molecular weight is 767 g/mol. The maximum absolute atomic E-state index is 5.25. The molecule has 2 heterocycles. The fourth-order valence-corrected chi connectivity index (χ4v) is 8.50. The van der Waals surface area contributed by atoms with Gasteiger partial charge < -0.3 is 9.47 Å². The number of nitrogens with zero attached hydrogens (tertiary/aromatic N) is 4. The van der Waals surface area contributed by atoms with Gasteiger partial charge in [0.15, 0.2) is 5.82 Å². The number of hydrogen-bond acceptors (Lipinski definition) is 3. The van der Waals surface area contributed by atoms with E-state index in [-0.39, 0.29) is 0 Å². The zero-order valence-electron chi connectivity index (χ0n) is 32.7. The molecular weight excluding hydrogens is 729 g/mol. The predicted molar refractivity (Wildman–Crippen MR) is 250 cm³/mol. The van der Waals surface area contributed by atoms with Crippen molar-refractivity contribution in [1.29, 1.82) is 0 Å². The average Bonchev–Trinajstić information content (AvgIpc) is 3.66. The van der Waals surface area contributed by atoms with Gasteiger partial charge in [0.1, 0.15) is 0 Å². The van der Waals surface area contributed by atoms with Gasteiger partial charge in [-0.3, -0.25) is 0 Å². The minimum absolute atomic E-state index is 0.702. The lowest BCUT2D eigenvalue weighted by molar-refractivity contribution is 1.17. The zero-order chi connectivity index (χ0) is 39.8. The summed E-state index contributed by atoms with van der Waals surface area (Å²) in [6.45, 7) is 0. The van der Waals surface area contributed by atoms with Crippen molar-refractivity contribution in [3.05, 3.63) is 231 Å². The normalized spacial score (nSPS) is 11.3. The van der Waals surface area contributed by atoms with Crippen molar-refractivity contribution in [3.63, 3.8) is 0 Å². The van der Waals surface area contributed by atoms with Crippen molar-refractivity contribution >= 4 is 49.8 Å². The highest BCUT2D eigenvalue weighted by Gasteiger charge is 2.17. The van der Waals surface area contributed by atoms with Gasteiger partial charge in [0.25, 0.3) is 0 Å². The number of aromatic nitrogens is 3. The first-order chi connectivity index (χ1) is 29.7. The summed E-state index contributed by atoms with van der Waals surface area (Å²) < 4.78 is 2.39. The lowest BCUT2D eigenvalue weighted by atomic mass is 9.99. The molecule has 0 atom stereocenters. The Morgan fingerprint density at radius 2 is 0.833 bits per heavy atom. The van der Waals surface area contributed by atoms with Crippen LogP contribution in [0.5, 0.6) is 0 Å². The van der Waals surface area contributed by atoms with E-state index in [0.29, 0.717) is 5.82 Å². The van der Waals surface area contributed by atoms with Crippen LogP contribution in [0.2, 0.25) is 0 Å². The van der Waals surface area contributed by atoms with E-state index in [1.54, 1.807) is 0 Å². The predicted octanol–water partition coefficient (Wildman–Crippen LogP) is 14.9. The first kappa shape index (κ1) is 35.1. The van der Waals surface area contributed by atoms with E-state index in [1.165, 1.54) is 27.4 Å². The second kappa shape index (κ2) is 15.0. The molecule has 2 aromatic heterocycles. The first-order valence-electron chi connectivity index (χ1n) is 20.3. The Labute approximate surface area is 348 Å². The Hall–Kier alpha value is -8.08. The Kier molecular flexibility index (Phi) is 8.79. The van der Waals surface area contributed by atoms with E-state index in [1.807, 2.05) is 12.1 Å². The van der Waals surface area contributed by atoms with E-state index in [9.17, 15) is 0 Å². The molecule has 0 fully saturated rings. The summed E-state index contributed by atoms with van der Waals surface area (Å²) in [4.78, 5) is 12.7. The van der Waals surface area contributed by atoms with E-state index in [2.05, 4.69) is 228 Å². The van der Waals surface area contributed by atoms with Crippen LogP contribution in [0.25, 0.3) is 83.3 Å². The smallest absolute Gasteiger partial charge is 0.160 e. The molecule has 0 unspecified atom stereocenters. The van der Waals surface area contributed by atoms with Crippen LogP contribution in [0.1, 0.15) is 0 Å². The summed E-state index contributed by atoms with van der Waals surface area (Å²) >= 11 is 0. The molecule has 4 nitrogen and oxygen atoms in total. The number of fused-ring (bicyclic) bond motifs is 4. The second-order valence-electron chi connectivity index (χ2n) is 15.0. The van der Waals surface area contributed by atoms with E-state index < -0.39 is 0 Å². The van der Waals surface area contributed by atoms with Gasteiger partial charge in [-0.05, 0) is 95.1 Å². The topological polar surface area (TPSA) is 34.0 Å². The van der Waals surface area contributed by atoms with Crippen molar-refractivity contribution in [2.75, 3.05) is 4.90 Å². The van der Waals surface area contributed by atoms with Gasteiger partial charge in [-0.1, -0.05) is 158 Å². The highest BCUT2D eigenvalue weighted by molar-refractivity contribution is 6.10. The summed E-state index contributed by atoms with van der Waals surface area (Å²) in [5.41, 5.74) is 15.2. The van der Waals surface area contributed by atoms with Crippen LogP contribution in [0.3, 0.4) is 0 Å². The molecule has 4 heteroatoms. The van der Waals surface area contributed by atoms with Crippen LogP contribution < -0.4 is 4.90 Å². The van der Waals surface area contributed by atoms with E-state index in [4.69, 9.17) is 9.97 Å². The summed E-state index contributed by atoms with van der Waals surface area (Å²) in [7, 11) is 0. The number of hydrogen-bond donors (Lipinski definition) is 0. The summed E-state index contributed by atoms with van der Waals surface area (Å²) in [5, 5.41) is 3.47. The fourth-order valence-electron chi connectivity index (χ4n) is 8.50. The standard InChI is InChI=1S/C56H38N4/c1-4-15-39(16-5-1)40-27-29-41(30-28-40)55-51-24-10-12-25-52(51)57-56(58-55)44-18-14-17-42(37-44)43-31-36-50-49-23-11-13-26-53(49)60(54(50)38-43)48-34-32-47(33-35-48)59(45-19-6-2-7-20-45)46-21-8-3-9-22-46/h1-38H. The van der Waals surface area contributed by atoms with Gasteiger partial charge in [0, 0.05) is 50.0 Å². The summed E-state index contributed by atoms with van der Waals surface area (Å²) in [6.07, 6.45) is 0. The number of rotatable bonds is 8. The molecule has 0 radical (unpaired) electrons. The maximum atomic E-state index is 5.25. The molecular formula is C56H38N4. The van der Waals surface area contributed by atoms with Crippen molar-refractivity contribution in [2.24, 2.45) is 0 Å². The van der Waals surface area contributed by atoms with Gasteiger partial charge in [0.2, 0.25) is 0 Å². The van der Waals surface area contributed by atoms with Crippen molar-refractivity contribution < 1.29 is 0 Å². The molecule has 0 saturated carbocycles. The molecule has 0 aliphatic rings. The van der Waals surface area contributed by atoms with Crippen LogP contribution >= 0.6 is 0 Å². The van der Waals surface area contributed by atoms with Gasteiger partial charge in [-0.25, -0.2) is 9.97 Å². The lowest BCUT2D eigenvalue weighted by Gasteiger charge is -2.25. The quantitative estimate of drug-likeness (QED) is 0.154. The van der Waals surface area contributed by atoms with Gasteiger partial charge >= 0.3 is 0 Å². The molecule has 0 saturated heterocycles. The molecule has 282 valence electrons. The summed E-state index contributed by atoms with van der Waals surface area (Å²) in [6, 6.07) is 81.6. The number of para-hydroxylation sites is 4. The highest BCUT2D eigenvalue weighted by atomic mass is 15.1. The number of anilines is 3. The second-order valence-corrected chi connectivity index (χ2v) is 15.0. The van der Waals surface area contributed by atoms with Crippen LogP contribution in [-0.2, 0) is 0 Å². The van der Waals surface area contributed by atoms with Crippen molar-refractivity contribution in [2.45, 2.75) is 0 Å². The molecule has 0 aliphatic carbocycles. The van der Waals surface area contributed by atoms with E-state index in [0.717, 1.165) is 67.1 Å². The Bertz CT molecular complexity index is 3240. The first-order valence-corrected chi connectivity index (χ1v) is 20.3. The summed E-state index contributed by atoms with van der Waals surface area (Å²) in [5.74, 6) is 0.702. The van der Waals surface area contributed by atoms with Crippen LogP contribution in [0, 0.1) is 0 Å². The SMILES string of the molecule is c1ccc(-c2ccc(-c3nc(-c4cccc(-c5ccc6c7ccccc7n(-c7ccc(N(c8ccccc8)c8ccccc8)cc7)c6c5)c4)nc4ccccc34)cc2)cc1. The lowest BCUT2D eigenvalue weighted by Crippen LogP contribution is -2.09. The molecule has 60 heavy (non-hydrogen) atoms. The zero-order valence-corrected chi connectivity index (χ0v) is 32.7. The van der Waals surface area contributed by atoms with Crippen molar-refractivity contribution in [1.82, 2.24) is 14.5 Å². The molecule has 9 aromatic carbocycles. The highest BCUT2D eigenvalue weighted by Crippen LogP contribution is 2.39.